The summed E-state index contributed by atoms with van der Waals surface area (Å²) in [5.41, 5.74) is 4.63. The Bertz CT molecular complexity index is 1070. The monoisotopic (exact) mass is 447 g/mol. The van der Waals surface area contributed by atoms with Crippen LogP contribution < -0.4 is 10.1 Å². The first-order chi connectivity index (χ1) is 15.8. The Morgan fingerprint density at radius 2 is 1.67 bits per heavy atom. The Morgan fingerprint density at radius 3 is 2.27 bits per heavy atom. The Balaban J connectivity index is 1.83. The predicted molar refractivity (Wildman–Crippen MR) is 132 cm³/mol. The molecule has 2 N–H and O–H groups in total. The van der Waals surface area contributed by atoms with Crippen molar-refractivity contribution in [2.75, 3.05) is 11.9 Å². The molecule has 0 spiro atoms. The van der Waals surface area contributed by atoms with Gasteiger partial charge in [-0.25, -0.2) is 4.79 Å². The molecule has 0 saturated carbocycles. The molecule has 0 bridgehead atoms. The highest BCUT2D eigenvalue weighted by atomic mass is 16.5. The van der Waals surface area contributed by atoms with E-state index in [4.69, 9.17) is 9.47 Å². The lowest BCUT2D eigenvalue weighted by Gasteiger charge is -2.21. The highest BCUT2D eigenvalue weighted by Crippen LogP contribution is 2.35. The third kappa shape index (κ3) is 6.28. The highest BCUT2D eigenvalue weighted by Gasteiger charge is 2.21. The third-order valence-electron chi connectivity index (χ3n) is 5.50. The van der Waals surface area contributed by atoms with Crippen molar-refractivity contribution in [3.63, 3.8) is 0 Å². The molecule has 0 aliphatic heterocycles. The van der Waals surface area contributed by atoms with Crippen molar-refractivity contribution in [3.05, 3.63) is 82.9 Å². The van der Waals surface area contributed by atoms with E-state index in [1.165, 1.54) is 0 Å². The number of ether oxygens (including phenoxy) is 2. The quantitative estimate of drug-likeness (QED) is 0.366. The number of benzene rings is 3. The topological polar surface area (TPSA) is 67.8 Å². The Morgan fingerprint density at radius 1 is 1.00 bits per heavy atom. The van der Waals surface area contributed by atoms with Crippen molar-refractivity contribution in [3.8, 4) is 17.2 Å². The number of carbonyl (C=O) groups is 1. The molecule has 0 saturated heterocycles. The van der Waals surface area contributed by atoms with Crippen molar-refractivity contribution in [2.45, 2.75) is 53.0 Å². The molecule has 1 atom stereocenters. The predicted octanol–water partition coefficient (Wildman–Crippen LogP) is 6.51. The van der Waals surface area contributed by atoms with Gasteiger partial charge in [-0.05, 0) is 73.7 Å². The van der Waals surface area contributed by atoms with Gasteiger partial charge in [-0.2, -0.15) is 0 Å². The molecule has 0 aliphatic carbocycles. The van der Waals surface area contributed by atoms with Crippen molar-refractivity contribution in [1.82, 2.24) is 0 Å². The lowest BCUT2D eigenvalue weighted by atomic mass is 10.0. The summed E-state index contributed by atoms with van der Waals surface area (Å²) in [5.74, 6) is 1.62. The summed E-state index contributed by atoms with van der Waals surface area (Å²) in [6.07, 6.45) is 0.529. The second-order valence-electron chi connectivity index (χ2n) is 8.56. The number of hydrogen-bond acceptors (Lipinski definition) is 5. The summed E-state index contributed by atoms with van der Waals surface area (Å²) in [5, 5.41) is 13.4. The van der Waals surface area contributed by atoms with Crippen molar-refractivity contribution >= 4 is 11.7 Å². The fourth-order valence-corrected chi connectivity index (χ4v) is 3.86. The molecule has 1 unspecified atom stereocenters. The second kappa shape index (κ2) is 10.9. The number of hydrogen-bond donors (Lipinski definition) is 2. The van der Waals surface area contributed by atoms with E-state index in [1.807, 2.05) is 83.1 Å². The number of rotatable bonds is 9. The van der Waals surface area contributed by atoms with Crippen molar-refractivity contribution in [2.24, 2.45) is 0 Å². The van der Waals surface area contributed by atoms with Crippen LogP contribution in [0.25, 0.3) is 0 Å². The Labute approximate surface area is 196 Å². The number of anilines is 1. The number of phenolic OH excluding ortho intramolecular Hbond substituents is 1. The molecule has 3 rings (SSSR count). The molecule has 0 fully saturated rings. The number of carbonyl (C=O) groups excluding carboxylic acids is 1. The standard InChI is InChI=1S/C28H33NO4/c1-6-32-28(31)25(16-21-10-8-7-9-11-21)29-22-14-19(4)27(20(5)15-22)33-23-12-13-26(30)24(17-23)18(2)3/h7-15,17-18,25,29-30H,6,16H2,1-5H3. The summed E-state index contributed by atoms with van der Waals surface area (Å²) in [6.45, 7) is 10.2. The van der Waals surface area contributed by atoms with Gasteiger partial charge in [-0.1, -0.05) is 44.2 Å². The largest absolute Gasteiger partial charge is 0.508 e. The molecule has 5 heteroatoms. The van der Waals surface area contributed by atoms with Crippen molar-refractivity contribution in [1.29, 1.82) is 0 Å². The first kappa shape index (κ1) is 24.2. The molecule has 0 radical (unpaired) electrons. The molecular formula is C28H33NO4. The van der Waals surface area contributed by atoms with Gasteiger partial charge >= 0.3 is 5.97 Å². The van der Waals surface area contributed by atoms with E-state index in [0.717, 1.165) is 33.7 Å². The fraction of sp³-hybridized carbons (Fsp3) is 0.321. The van der Waals surface area contributed by atoms with Crippen LogP contribution in [-0.4, -0.2) is 23.7 Å². The third-order valence-corrected chi connectivity index (χ3v) is 5.50. The summed E-state index contributed by atoms with van der Waals surface area (Å²) < 4.78 is 11.5. The normalized spacial score (nSPS) is 11.8. The molecule has 5 nitrogen and oxygen atoms in total. The SMILES string of the molecule is CCOC(=O)C(Cc1ccccc1)Nc1cc(C)c(Oc2ccc(O)c(C(C)C)c2)c(C)c1. The van der Waals surface area contributed by atoms with Crippen molar-refractivity contribution < 1.29 is 19.4 Å². The van der Waals surface area contributed by atoms with Crippen LogP contribution in [-0.2, 0) is 16.0 Å². The van der Waals surface area contributed by atoms with Crippen LogP contribution in [0.4, 0.5) is 5.69 Å². The highest BCUT2D eigenvalue weighted by molar-refractivity contribution is 5.80. The van der Waals surface area contributed by atoms with Crippen LogP contribution in [0.1, 0.15) is 48.9 Å². The van der Waals surface area contributed by atoms with E-state index in [-0.39, 0.29) is 17.6 Å². The molecular weight excluding hydrogens is 414 g/mol. The maximum absolute atomic E-state index is 12.6. The molecule has 0 amide bonds. The first-order valence-corrected chi connectivity index (χ1v) is 11.4. The average molecular weight is 448 g/mol. The van der Waals surface area contributed by atoms with Gasteiger partial charge in [0.15, 0.2) is 0 Å². The minimum absolute atomic E-state index is 0.187. The van der Waals surface area contributed by atoms with Gasteiger partial charge in [0.05, 0.1) is 6.61 Å². The van der Waals surface area contributed by atoms with Gasteiger partial charge in [-0.15, -0.1) is 0 Å². The molecule has 33 heavy (non-hydrogen) atoms. The van der Waals surface area contributed by atoms with Crippen LogP contribution in [0, 0.1) is 13.8 Å². The van der Waals surface area contributed by atoms with Gasteiger partial charge in [0.1, 0.15) is 23.3 Å². The number of aromatic hydroxyl groups is 1. The summed E-state index contributed by atoms with van der Waals surface area (Å²) in [4.78, 5) is 12.6. The smallest absolute Gasteiger partial charge is 0.328 e. The average Bonchev–Trinajstić information content (AvgIpc) is 2.77. The van der Waals surface area contributed by atoms with E-state index >= 15 is 0 Å². The van der Waals surface area contributed by atoms with Gasteiger partial charge in [0.2, 0.25) is 0 Å². The van der Waals surface area contributed by atoms with Gasteiger partial charge < -0.3 is 19.9 Å². The fourth-order valence-electron chi connectivity index (χ4n) is 3.86. The number of nitrogens with one attached hydrogen (secondary N) is 1. The molecule has 0 heterocycles. The summed E-state index contributed by atoms with van der Waals surface area (Å²) >= 11 is 0. The number of esters is 1. The minimum Gasteiger partial charge on any atom is -0.508 e. The lowest BCUT2D eigenvalue weighted by Crippen LogP contribution is -2.33. The van der Waals surface area contributed by atoms with Crippen LogP contribution in [0.2, 0.25) is 0 Å². The molecule has 3 aromatic rings. The summed E-state index contributed by atoms with van der Waals surface area (Å²) in [7, 11) is 0. The molecule has 0 aromatic heterocycles. The maximum atomic E-state index is 12.6. The zero-order valence-electron chi connectivity index (χ0n) is 20.0. The van der Waals surface area contributed by atoms with Crippen LogP contribution in [0.3, 0.4) is 0 Å². The minimum atomic E-state index is -0.497. The van der Waals surface area contributed by atoms with E-state index in [0.29, 0.717) is 18.8 Å². The number of aryl methyl sites for hydroxylation is 2. The lowest BCUT2D eigenvalue weighted by molar-refractivity contribution is -0.144. The summed E-state index contributed by atoms with van der Waals surface area (Å²) in [6, 6.07) is 18.7. The first-order valence-electron chi connectivity index (χ1n) is 11.4. The Kier molecular flexibility index (Phi) is 7.99. The molecule has 174 valence electrons. The van der Waals surface area contributed by atoms with Crippen LogP contribution in [0.15, 0.2) is 60.7 Å². The van der Waals surface area contributed by atoms with E-state index < -0.39 is 6.04 Å². The van der Waals surface area contributed by atoms with E-state index in [1.54, 1.807) is 12.1 Å². The van der Waals surface area contributed by atoms with Gasteiger partial charge in [0.25, 0.3) is 0 Å². The van der Waals surface area contributed by atoms with E-state index in [2.05, 4.69) is 5.32 Å². The second-order valence-corrected chi connectivity index (χ2v) is 8.56. The Hall–Kier alpha value is -3.47. The molecule has 0 aliphatic rings. The van der Waals surface area contributed by atoms with Crippen LogP contribution >= 0.6 is 0 Å². The molecule has 3 aromatic carbocycles. The van der Waals surface area contributed by atoms with Gasteiger partial charge in [-0.3, -0.25) is 0 Å². The maximum Gasteiger partial charge on any atom is 0.328 e. The number of phenols is 1. The van der Waals surface area contributed by atoms with E-state index in [9.17, 15) is 9.90 Å². The van der Waals surface area contributed by atoms with Crippen LogP contribution in [0.5, 0.6) is 17.2 Å². The van der Waals surface area contributed by atoms with Gasteiger partial charge in [0, 0.05) is 17.7 Å². The zero-order chi connectivity index (χ0) is 24.0. The zero-order valence-corrected chi connectivity index (χ0v) is 20.0.